The van der Waals surface area contributed by atoms with Crippen molar-refractivity contribution in [1.29, 1.82) is 0 Å². The predicted molar refractivity (Wildman–Crippen MR) is 82.5 cm³/mol. The first-order valence-electron chi connectivity index (χ1n) is 10.9. The first kappa shape index (κ1) is 7.84. The number of rotatable bonds is 1. The molecule has 1 aromatic carbocycles. The summed E-state index contributed by atoms with van der Waals surface area (Å²) in [7, 11) is -0.986. The Bertz CT molecular complexity index is 946. The maximum Gasteiger partial charge on any atom is 0.165 e. The molecule has 0 aromatic heterocycles. The summed E-state index contributed by atoms with van der Waals surface area (Å²) in [5.74, 6) is -1.60. The summed E-state index contributed by atoms with van der Waals surface area (Å²) in [6.07, 6.45) is -2.31. The molecular formula is C18H21NO3. The van der Waals surface area contributed by atoms with Crippen LogP contribution >= 0.6 is 0 Å². The zero-order chi connectivity index (χ0) is 21.2. The summed E-state index contributed by atoms with van der Waals surface area (Å²) in [6, 6.07) is 1.98. The van der Waals surface area contributed by atoms with Crippen molar-refractivity contribution in [2.24, 2.45) is 5.89 Å². The van der Waals surface area contributed by atoms with E-state index < -0.39 is 42.9 Å². The molecule has 2 bridgehead atoms. The monoisotopic (exact) mass is 306 g/mol. The second-order valence-electron chi connectivity index (χ2n) is 6.38. The van der Waals surface area contributed by atoms with Gasteiger partial charge in [-0.05, 0) is 38.0 Å². The number of likely N-dealkylation sites (N-methyl/N-ethyl adjacent to an activating group) is 1. The molecule has 5 atom stereocenters. The molecule has 4 aliphatic rings. The van der Waals surface area contributed by atoms with Crippen LogP contribution in [0.15, 0.2) is 24.3 Å². The van der Waals surface area contributed by atoms with Crippen LogP contribution in [0.25, 0.3) is 0 Å². The minimum Gasteiger partial charge on any atom is -0.493 e. The first-order valence-corrected chi connectivity index (χ1v) is 7.42. The number of likely N-dealkylation sites (tertiary alicyclic amines) is 1. The summed E-state index contributed by atoms with van der Waals surface area (Å²) in [4.78, 5) is 1.81. The second kappa shape index (κ2) is 4.06. The number of ether oxygens (including phenoxy) is 2. The fourth-order valence-corrected chi connectivity index (χ4v) is 4.48. The summed E-state index contributed by atoms with van der Waals surface area (Å²) >= 11 is 0. The van der Waals surface area contributed by atoms with E-state index in [1.807, 2.05) is 4.90 Å². The second-order valence-corrected chi connectivity index (χ2v) is 6.38. The maximum absolute atomic E-state index is 10.8. The van der Waals surface area contributed by atoms with Crippen molar-refractivity contribution in [2.75, 3.05) is 20.6 Å². The van der Waals surface area contributed by atoms with Crippen LogP contribution < -0.4 is 9.47 Å². The van der Waals surface area contributed by atoms with Crippen LogP contribution in [0.2, 0.25) is 0 Å². The van der Waals surface area contributed by atoms with Crippen LogP contribution in [0.3, 0.4) is 0 Å². The van der Waals surface area contributed by atoms with Crippen molar-refractivity contribution in [2.45, 2.75) is 36.4 Å². The van der Waals surface area contributed by atoms with E-state index >= 15 is 0 Å². The molecule has 1 fully saturated rings. The predicted octanol–water partition coefficient (Wildman–Crippen LogP) is 1.50. The van der Waals surface area contributed by atoms with Crippen molar-refractivity contribution < 1.29 is 24.2 Å². The fourth-order valence-electron chi connectivity index (χ4n) is 4.48. The van der Waals surface area contributed by atoms with Crippen LogP contribution in [0.4, 0.5) is 0 Å². The number of hydrogen-bond acceptors (Lipinski definition) is 4. The van der Waals surface area contributed by atoms with Gasteiger partial charge in [-0.25, -0.2) is 0 Å². The smallest absolute Gasteiger partial charge is 0.165 e. The van der Waals surface area contributed by atoms with Crippen LogP contribution in [-0.4, -0.2) is 48.9 Å². The molecule has 2 unspecified atom stereocenters. The average Bonchev–Trinajstić information content (AvgIpc) is 2.93. The standard InChI is InChI=1S/C18H21NO3/c1-19-8-7-18-11-4-5-13(20)17(18)22-16-14(21-2)6-3-10(15(16)18)9-12(11)19/h3-6,11-13,17,20H,7-9H2,1-2H3/t11-,12+,13?,17?,18-/m0/s1/i2D3,9D2,11D,13D. The van der Waals surface area contributed by atoms with Crippen molar-refractivity contribution in [1.82, 2.24) is 4.90 Å². The van der Waals surface area contributed by atoms with Gasteiger partial charge < -0.3 is 19.5 Å². The molecular weight excluding hydrogens is 278 g/mol. The Balaban J connectivity index is 1.87. The van der Waals surface area contributed by atoms with Gasteiger partial charge in [0.1, 0.15) is 12.2 Å². The quantitative estimate of drug-likeness (QED) is 0.799. The molecule has 2 heterocycles. The van der Waals surface area contributed by atoms with Gasteiger partial charge in [0.25, 0.3) is 0 Å². The molecule has 0 radical (unpaired) electrons. The van der Waals surface area contributed by atoms with Gasteiger partial charge in [-0.3, -0.25) is 0 Å². The molecule has 0 saturated carbocycles. The molecule has 4 heteroatoms. The van der Waals surface area contributed by atoms with Crippen molar-refractivity contribution in [3.63, 3.8) is 0 Å². The SMILES string of the molecule is [2H]C([2H])([2H])Oc1ccc2c3c1OC1C([2H])(O)C=C[C@@]4([2H])[C@H](N(C)CC[C@]314)C2([2H])[2H]. The van der Waals surface area contributed by atoms with Crippen molar-refractivity contribution in [3.8, 4) is 11.5 Å². The molecule has 5 rings (SSSR count). The van der Waals surface area contributed by atoms with E-state index in [0.29, 0.717) is 24.1 Å². The highest BCUT2D eigenvalue weighted by atomic mass is 16.5. The van der Waals surface area contributed by atoms with Crippen molar-refractivity contribution >= 4 is 0 Å². The fraction of sp³-hybridized carbons (Fsp3) is 0.556. The minimum atomic E-state index is -2.75. The van der Waals surface area contributed by atoms with Gasteiger partial charge in [0.15, 0.2) is 11.5 Å². The number of aliphatic hydroxyl groups is 1. The first-order chi connectivity index (χ1) is 13.3. The molecule has 4 nitrogen and oxygen atoms in total. The largest absolute Gasteiger partial charge is 0.493 e. The normalized spacial score (nSPS) is 55.3. The Kier molecular flexibility index (Phi) is 1.45. The molecule has 22 heavy (non-hydrogen) atoms. The highest BCUT2D eigenvalue weighted by Gasteiger charge is 2.64. The number of piperidine rings is 1. The van der Waals surface area contributed by atoms with Gasteiger partial charge in [-0.1, -0.05) is 18.2 Å². The highest BCUT2D eigenvalue weighted by Crippen LogP contribution is 2.62. The summed E-state index contributed by atoms with van der Waals surface area (Å²) in [5, 5.41) is 10.8. The molecule has 2 aliphatic heterocycles. The molecule has 1 aromatic rings. The molecule has 2 aliphatic carbocycles. The van der Waals surface area contributed by atoms with Gasteiger partial charge in [-0.2, -0.15) is 0 Å². The third-order valence-corrected chi connectivity index (χ3v) is 5.46. The number of benzene rings is 1. The van der Waals surface area contributed by atoms with Gasteiger partial charge >= 0.3 is 0 Å². The summed E-state index contributed by atoms with van der Waals surface area (Å²) < 4.78 is 69.0. The van der Waals surface area contributed by atoms with E-state index in [0.717, 1.165) is 0 Å². The molecule has 1 spiro atoms. The maximum atomic E-state index is 10.8. The van der Waals surface area contributed by atoms with E-state index in [4.69, 9.17) is 17.7 Å². The Labute approximate surface area is 140 Å². The van der Waals surface area contributed by atoms with E-state index in [2.05, 4.69) is 0 Å². The Morgan fingerprint density at radius 2 is 2.45 bits per heavy atom. The van der Waals surface area contributed by atoms with Crippen LogP contribution in [-0.2, 0) is 11.8 Å². The van der Waals surface area contributed by atoms with E-state index in [9.17, 15) is 6.48 Å². The lowest BCUT2D eigenvalue weighted by atomic mass is 9.53. The van der Waals surface area contributed by atoms with Crippen LogP contribution in [0.5, 0.6) is 11.5 Å². The number of methoxy groups -OCH3 is 1. The van der Waals surface area contributed by atoms with E-state index in [1.54, 1.807) is 7.05 Å². The Hall–Kier alpha value is -1.52. The van der Waals surface area contributed by atoms with Crippen molar-refractivity contribution in [3.05, 3.63) is 35.4 Å². The van der Waals surface area contributed by atoms with Gasteiger partial charge in [0.05, 0.1) is 12.5 Å². The van der Waals surface area contributed by atoms with Gasteiger partial charge in [-0.15, -0.1) is 0 Å². The lowest BCUT2D eigenvalue weighted by Crippen LogP contribution is -2.64. The zero-order valence-electron chi connectivity index (χ0n) is 19.1. The lowest BCUT2D eigenvalue weighted by Gasteiger charge is -2.56. The summed E-state index contributed by atoms with van der Waals surface area (Å²) in [6.45, 7) is 0.442. The Morgan fingerprint density at radius 1 is 1.55 bits per heavy atom. The van der Waals surface area contributed by atoms with Crippen LogP contribution in [0, 0.1) is 5.89 Å². The number of hydrogen-bond donors (Lipinski definition) is 1. The Morgan fingerprint density at radius 3 is 3.32 bits per heavy atom. The zero-order valence-corrected chi connectivity index (χ0v) is 12.1. The molecule has 1 saturated heterocycles. The highest BCUT2D eigenvalue weighted by molar-refractivity contribution is 5.62. The van der Waals surface area contributed by atoms with Gasteiger partial charge in [0.2, 0.25) is 0 Å². The molecule has 0 amide bonds. The van der Waals surface area contributed by atoms with E-state index in [-0.39, 0.29) is 11.5 Å². The molecule has 116 valence electrons. The van der Waals surface area contributed by atoms with Gasteiger partial charge in [0, 0.05) is 27.0 Å². The topological polar surface area (TPSA) is 41.9 Å². The summed E-state index contributed by atoms with van der Waals surface area (Å²) in [5.41, 5.74) is -0.554. The molecule has 1 N–H and O–H groups in total. The average molecular weight is 306 g/mol. The lowest BCUT2D eigenvalue weighted by molar-refractivity contribution is -0.0453. The minimum absolute atomic E-state index is 0.0153. The third kappa shape index (κ3) is 1.28. The number of nitrogens with zero attached hydrogens (tertiary/aromatic N) is 1. The van der Waals surface area contributed by atoms with E-state index in [1.165, 1.54) is 24.3 Å². The van der Waals surface area contributed by atoms with Crippen LogP contribution in [0.1, 0.15) is 27.1 Å². The third-order valence-electron chi connectivity index (χ3n) is 5.46.